The van der Waals surface area contributed by atoms with E-state index in [0.29, 0.717) is 0 Å². The Kier molecular flexibility index (Phi) is 4.22. The van der Waals surface area contributed by atoms with Crippen molar-refractivity contribution in [1.29, 1.82) is 0 Å². The molecule has 0 aliphatic heterocycles. The van der Waals surface area contributed by atoms with E-state index in [2.05, 4.69) is 0 Å². The summed E-state index contributed by atoms with van der Waals surface area (Å²) in [4.78, 5) is 0. The van der Waals surface area contributed by atoms with Crippen LogP contribution in [0.4, 0.5) is 8.78 Å². The third-order valence-corrected chi connectivity index (χ3v) is 2.49. The third kappa shape index (κ3) is 4.14. The zero-order valence-electron chi connectivity index (χ0n) is 10.7. The summed E-state index contributed by atoms with van der Waals surface area (Å²) in [7, 11) is 0. The minimum Gasteiger partial charge on any atom is -0.202 e. The van der Waals surface area contributed by atoms with Crippen LogP contribution >= 0.6 is 0 Å². The molecule has 92 valence electrons. The van der Waals surface area contributed by atoms with Gasteiger partial charge in [-0.3, -0.25) is 0 Å². The Morgan fingerprint density at radius 3 is 2.29 bits per heavy atom. The van der Waals surface area contributed by atoms with Crippen LogP contribution in [0.3, 0.4) is 0 Å². The number of alkyl halides is 2. The van der Waals surface area contributed by atoms with E-state index < -0.39 is 5.92 Å². The standard InChI is InChI=1S/C15H18F2/c1-11(2)8-9-12(3)13-6-5-7-14(10-13)15(4,16)17/h5-10H,1-4H3/b12-9+. The van der Waals surface area contributed by atoms with E-state index in [1.807, 2.05) is 39.0 Å². The normalized spacial score (nSPS) is 12.5. The van der Waals surface area contributed by atoms with Crippen molar-refractivity contribution in [3.8, 4) is 0 Å². The van der Waals surface area contributed by atoms with E-state index in [0.717, 1.165) is 18.1 Å². The fourth-order valence-corrected chi connectivity index (χ4v) is 1.43. The summed E-state index contributed by atoms with van der Waals surface area (Å²) < 4.78 is 26.4. The van der Waals surface area contributed by atoms with Gasteiger partial charge in [-0.2, -0.15) is 0 Å². The average molecular weight is 236 g/mol. The lowest BCUT2D eigenvalue weighted by Gasteiger charge is -2.12. The first-order valence-corrected chi connectivity index (χ1v) is 5.61. The molecule has 0 fully saturated rings. The summed E-state index contributed by atoms with van der Waals surface area (Å²) in [6, 6.07) is 6.52. The molecule has 0 aliphatic carbocycles. The highest BCUT2D eigenvalue weighted by Crippen LogP contribution is 2.28. The predicted molar refractivity (Wildman–Crippen MR) is 69.1 cm³/mol. The number of hydrogen-bond donors (Lipinski definition) is 0. The molecule has 1 aromatic rings. The van der Waals surface area contributed by atoms with Gasteiger partial charge >= 0.3 is 0 Å². The van der Waals surface area contributed by atoms with E-state index in [1.54, 1.807) is 12.1 Å². The first-order chi connectivity index (χ1) is 7.80. The minimum atomic E-state index is -2.78. The molecule has 1 rings (SSSR count). The van der Waals surface area contributed by atoms with Crippen LogP contribution in [0, 0.1) is 0 Å². The zero-order valence-corrected chi connectivity index (χ0v) is 10.7. The maximum absolute atomic E-state index is 13.2. The maximum atomic E-state index is 13.2. The van der Waals surface area contributed by atoms with Gasteiger partial charge in [0.05, 0.1) is 0 Å². The molecule has 0 saturated carbocycles. The van der Waals surface area contributed by atoms with E-state index in [-0.39, 0.29) is 5.56 Å². The Hall–Kier alpha value is -1.44. The Balaban J connectivity index is 3.08. The number of halogens is 2. The topological polar surface area (TPSA) is 0 Å². The van der Waals surface area contributed by atoms with Crippen LogP contribution in [0.1, 0.15) is 38.8 Å². The number of benzene rings is 1. The molecular formula is C15H18F2. The molecule has 0 radical (unpaired) electrons. The first kappa shape index (κ1) is 13.6. The molecule has 0 nitrogen and oxygen atoms in total. The molecule has 0 bridgehead atoms. The SMILES string of the molecule is CC(C)=C/C=C(\C)c1cccc(C(C)(F)F)c1. The molecule has 0 spiro atoms. The van der Waals surface area contributed by atoms with Crippen molar-refractivity contribution in [2.45, 2.75) is 33.6 Å². The lowest BCUT2D eigenvalue weighted by molar-refractivity contribution is 0.0174. The van der Waals surface area contributed by atoms with Crippen molar-refractivity contribution in [3.63, 3.8) is 0 Å². The van der Waals surface area contributed by atoms with Gasteiger partial charge in [-0.15, -0.1) is 0 Å². The second kappa shape index (κ2) is 5.26. The predicted octanol–water partition coefficient (Wildman–Crippen LogP) is 5.17. The van der Waals surface area contributed by atoms with E-state index in [1.165, 1.54) is 11.6 Å². The lowest BCUT2D eigenvalue weighted by Crippen LogP contribution is -2.06. The molecule has 0 aromatic heterocycles. The highest BCUT2D eigenvalue weighted by Gasteiger charge is 2.24. The molecule has 17 heavy (non-hydrogen) atoms. The molecule has 0 N–H and O–H groups in total. The number of allylic oxidation sites excluding steroid dienone is 4. The number of hydrogen-bond acceptors (Lipinski definition) is 0. The lowest BCUT2D eigenvalue weighted by atomic mass is 10.0. The second-order valence-electron chi connectivity index (χ2n) is 4.56. The van der Waals surface area contributed by atoms with Crippen molar-refractivity contribution in [3.05, 3.63) is 53.1 Å². The maximum Gasteiger partial charge on any atom is 0.270 e. The van der Waals surface area contributed by atoms with Gasteiger partial charge in [0.2, 0.25) is 0 Å². The van der Waals surface area contributed by atoms with E-state index in [9.17, 15) is 8.78 Å². The summed E-state index contributed by atoms with van der Waals surface area (Å²) >= 11 is 0. The molecular weight excluding hydrogens is 218 g/mol. The Morgan fingerprint density at radius 2 is 1.76 bits per heavy atom. The van der Waals surface area contributed by atoms with Crippen LogP contribution in [0.5, 0.6) is 0 Å². The molecule has 1 aromatic carbocycles. The van der Waals surface area contributed by atoms with Gasteiger partial charge in [0.1, 0.15) is 0 Å². The van der Waals surface area contributed by atoms with Crippen LogP contribution in [0.25, 0.3) is 5.57 Å². The van der Waals surface area contributed by atoms with Gasteiger partial charge < -0.3 is 0 Å². The molecule has 0 aliphatic rings. The van der Waals surface area contributed by atoms with Crippen LogP contribution in [-0.4, -0.2) is 0 Å². The van der Waals surface area contributed by atoms with Crippen molar-refractivity contribution in [2.24, 2.45) is 0 Å². The molecule has 0 atom stereocenters. The van der Waals surface area contributed by atoms with Crippen LogP contribution in [0.15, 0.2) is 42.0 Å². The smallest absolute Gasteiger partial charge is 0.202 e. The van der Waals surface area contributed by atoms with Crippen molar-refractivity contribution in [1.82, 2.24) is 0 Å². The van der Waals surface area contributed by atoms with Gasteiger partial charge in [-0.25, -0.2) is 8.78 Å². The first-order valence-electron chi connectivity index (χ1n) is 5.61. The minimum absolute atomic E-state index is 0.0555. The second-order valence-corrected chi connectivity index (χ2v) is 4.56. The summed E-state index contributed by atoms with van der Waals surface area (Å²) in [6.45, 7) is 6.84. The quantitative estimate of drug-likeness (QED) is 0.635. The zero-order chi connectivity index (χ0) is 13.1. The Labute approximate surface area is 102 Å². The summed E-state index contributed by atoms with van der Waals surface area (Å²) in [6.07, 6.45) is 3.92. The van der Waals surface area contributed by atoms with Gasteiger partial charge in [-0.05, 0) is 38.0 Å². The highest BCUT2D eigenvalue weighted by molar-refractivity contribution is 5.66. The molecule has 0 unspecified atom stereocenters. The van der Waals surface area contributed by atoms with E-state index in [4.69, 9.17) is 0 Å². The van der Waals surface area contributed by atoms with Crippen molar-refractivity contribution >= 4 is 5.57 Å². The molecule has 0 saturated heterocycles. The fraction of sp³-hybridized carbons (Fsp3) is 0.333. The van der Waals surface area contributed by atoms with Gasteiger partial charge in [-0.1, -0.05) is 35.9 Å². The summed E-state index contributed by atoms with van der Waals surface area (Å²) in [5, 5.41) is 0. The van der Waals surface area contributed by atoms with E-state index >= 15 is 0 Å². The Bertz CT molecular complexity index is 444. The number of rotatable bonds is 3. The summed E-state index contributed by atoms with van der Waals surface area (Å²) in [5.41, 5.74) is 3.06. The fourth-order valence-electron chi connectivity index (χ4n) is 1.43. The van der Waals surface area contributed by atoms with Crippen molar-refractivity contribution in [2.75, 3.05) is 0 Å². The highest BCUT2D eigenvalue weighted by atomic mass is 19.3. The van der Waals surface area contributed by atoms with Crippen LogP contribution in [0.2, 0.25) is 0 Å². The monoisotopic (exact) mass is 236 g/mol. The van der Waals surface area contributed by atoms with Crippen LogP contribution < -0.4 is 0 Å². The molecule has 2 heteroatoms. The molecule has 0 heterocycles. The molecule has 0 amide bonds. The van der Waals surface area contributed by atoms with Gasteiger partial charge in [0, 0.05) is 12.5 Å². The largest absolute Gasteiger partial charge is 0.270 e. The third-order valence-electron chi connectivity index (χ3n) is 2.49. The average Bonchev–Trinajstić information content (AvgIpc) is 2.25. The summed E-state index contributed by atoms with van der Waals surface area (Å²) in [5.74, 6) is -2.78. The van der Waals surface area contributed by atoms with Gasteiger partial charge in [0.15, 0.2) is 0 Å². The Morgan fingerprint density at radius 1 is 1.12 bits per heavy atom. The van der Waals surface area contributed by atoms with Gasteiger partial charge in [0.25, 0.3) is 5.92 Å². The van der Waals surface area contributed by atoms with Crippen LogP contribution in [-0.2, 0) is 5.92 Å². The van der Waals surface area contributed by atoms with Crippen molar-refractivity contribution < 1.29 is 8.78 Å².